The number of aromatic hydroxyl groups is 1. The molecule has 0 radical (unpaired) electrons. The first kappa shape index (κ1) is 16.4. The molecule has 0 saturated heterocycles. The SMILES string of the molecule is Cc1ccc2c(C=Nc3ccc(Cl)cc3C(F)(F)F)c(O)[nH]c2c1. The lowest BCUT2D eigenvalue weighted by Crippen LogP contribution is -2.05. The fraction of sp³-hybridized carbons (Fsp3) is 0.118. The highest BCUT2D eigenvalue weighted by Gasteiger charge is 2.33. The van der Waals surface area contributed by atoms with Crippen molar-refractivity contribution in [1.29, 1.82) is 0 Å². The van der Waals surface area contributed by atoms with Crippen molar-refractivity contribution >= 4 is 34.4 Å². The van der Waals surface area contributed by atoms with E-state index in [1.165, 1.54) is 18.3 Å². The molecule has 0 aliphatic heterocycles. The van der Waals surface area contributed by atoms with Crippen LogP contribution in [0.5, 0.6) is 5.88 Å². The second-order valence-electron chi connectivity index (χ2n) is 5.35. The van der Waals surface area contributed by atoms with Crippen molar-refractivity contribution in [3.8, 4) is 5.88 Å². The van der Waals surface area contributed by atoms with Crippen LogP contribution in [0.3, 0.4) is 0 Å². The lowest BCUT2D eigenvalue weighted by atomic mass is 10.1. The number of H-pyrrole nitrogens is 1. The van der Waals surface area contributed by atoms with E-state index >= 15 is 0 Å². The zero-order valence-corrected chi connectivity index (χ0v) is 13.2. The number of rotatable bonds is 2. The highest BCUT2D eigenvalue weighted by Crippen LogP contribution is 2.38. The molecule has 3 rings (SSSR count). The Kier molecular flexibility index (Phi) is 4.01. The first-order valence-corrected chi connectivity index (χ1v) is 7.35. The first-order valence-electron chi connectivity index (χ1n) is 6.98. The Labute approximate surface area is 140 Å². The summed E-state index contributed by atoms with van der Waals surface area (Å²) in [5.74, 6) is -0.151. The van der Waals surface area contributed by atoms with Gasteiger partial charge in [-0.3, -0.25) is 4.99 Å². The summed E-state index contributed by atoms with van der Waals surface area (Å²) in [7, 11) is 0. The maximum absolute atomic E-state index is 13.1. The molecule has 0 spiro atoms. The summed E-state index contributed by atoms with van der Waals surface area (Å²) in [6.07, 6.45) is -3.36. The summed E-state index contributed by atoms with van der Waals surface area (Å²) in [6.45, 7) is 1.90. The van der Waals surface area contributed by atoms with Crippen LogP contribution in [0.1, 0.15) is 16.7 Å². The molecule has 124 valence electrons. The van der Waals surface area contributed by atoms with Crippen molar-refractivity contribution in [2.45, 2.75) is 13.1 Å². The van der Waals surface area contributed by atoms with Gasteiger partial charge in [-0.25, -0.2) is 0 Å². The number of benzene rings is 2. The molecule has 7 heteroatoms. The van der Waals surface area contributed by atoms with Gasteiger partial charge in [-0.1, -0.05) is 23.7 Å². The average Bonchev–Trinajstić information content (AvgIpc) is 2.79. The van der Waals surface area contributed by atoms with Crippen LogP contribution in [0.2, 0.25) is 5.02 Å². The van der Waals surface area contributed by atoms with Gasteiger partial charge in [0.25, 0.3) is 0 Å². The van der Waals surface area contributed by atoms with Gasteiger partial charge in [0.1, 0.15) is 0 Å². The van der Waals surface area contributed by atoms with E-state index in [9.17, 15) is 18.3 Å². The van der Waals surface area contributed by atoms with Crippen LogP contribution in [-0.4, -0.2) is 16.3 Å². The predicted molar refractivity (Wildman–Crippen MR) is 88.4 cm³/mol. The third-order valence-electron chi connectivity index (χ3n) is 3.57. The van der Waals surface area contributed by atoms with E-state index in [0.29, 0.717) is 16.5 Å². The van der Waals surface area contributed by atoms with E-state index in [0.717, 1.165) is 11.6 Å². The van der Waals surface area contributed by atoms with Crippen molar-refractivity contribution < 1.29 is 18.3 Å². The van der Waals surface area contributed by atoms with E-state index in [-0.39, 0.29) is 16.6 Å². The molecule has 1 heterocycles. The molecule has 0 aliphatic rings. The van der Waals surface area contributed by atoms with Gasteiger partial charge >= 0.3 is 6.18 Å². The van der Waals surface area contributed by atoms with Gasteiger partial charge in [0.05, 0.1) is 16.8 Å². The van der Waals surface area contributed by atoms with E-state index in [4.69, 9.17) is 11.6 Å². The third kappa shape index (κ3) is 3.10. The molecule has 0 unspecified atom stereocenters. The maximum Gasteiger partial charge on any atom is 0.418 e. The zero-order chi connectivity index (χ0) is 17.5. The van der Waals surface area contributed by atoms with E-state index < -0.39 is 11.7 Å². The number of alkyl halides is 3. The quantitative estimate of drug-likeness (QED) is 0.579. The zero-order valence-electron chi connectivity index (χ0n) is 12.4. The molecule has 0 bridgehead atoms. The van der Waals surface area contributed by atoms with Gasteiger partial charge in [0, 0.05) is 22.1 Å². The smallest absolute Gasteiger partial charge is 0.418 e. The molecule has 0 amide bonds. The van der Waals surface area contributed by atoms with Gasteiger partial charge in [-0.15, -0.1) is 0 Å². The lowest BCUT2D eigenvalue weighted by molar-refractivity contribution is -0.137. The second-order valence-corrected chi connectivity index (χ2v) is 5.79. The normalized spacial score (nSPS) is 12.4. The second kappa shape index (κ2) is 5.87. The number of aromatic amines is 1. The summed E-state index contributed by atoms with van der Waals surface area (Å²) >= 11 is 5.64. The number of aryl methyl sites for hydroxylation is 1. The summed E-state index contributed by atoms with van der Waals surface area (Å²) in [5, 5.41) is 10.6. The Morgan fingerprint density at radius 2 is 1.92 bits per heavy atom. The predicted octanol–water partition coefficient (Wildman–Crippen LogP) is 5.60. The number of hydrogen-bond acceptors (Lipinski definition) is 2. The molecule has 1 aromatic heterocycles. The monoisotopic (exact) mass is 352 g/mol. The lowest BCUT2D eigenvalue weighted by Gasteiger charge is -2.09. The van der Waals surface area contributed by atoms with E-state index in [2.05, 4.69) is 9.98 Å². The molecule has 2 N–H and O–H groups in total. The molecule has 3 nitrogen and oxygen atoms in total. The van der Waals surface area contributed by atoms with Gasteiger partial charge in [-0.2, -0.15) is 13.2 Å². The minimum atomic E-state index is -4.57. The van der Waals surface area contributed by atoms with Crippen molar-refractivity contribution in [2.75, 3.05) is 0 Å². The fourth-order valence-electron chi connectivity index (χ4n) is 2.43. The van der Waals surface area contributed by atoms with Crippen molar-refractivity contribution in [3.05, 3.63) is 58.1 Å². The Morgan fingerprint density at radius 1 is 1.17 bits per heavy atom. The molecule has 0 atom stereocenters. The maximum atomic E-state index is 13.1. The molecule has 0 saturated carbocycles. The van der Waals surface area contributed by atoms with Gasteiger partial charge in [-0.05, 0) is 36.8 Å². The third-order valence-corrected chi connectivity index (χ3v) is 3.81. The van der Waals surface area contributed by atoms with E-state index in [1.807, 2.05) is 19.1 Å². The van der Waals surface area contributed by atoms with Crippen LogP contribution in [0.25, 0.3) is 10.9 Å². The molecular formula is C17H12ClF3N2O. The van der Waals surface area contributed by atoms with Crippen molar-refractivity contribution in [3.63, 3.8) is 0 Å². The molecule has 24 heavy (non-hydrogen) atoms. The number of aromatic nitrogens is 1. The van der Waals surface area contributed by atoms with Gasteiger partial charge in [0.2, 0.25) is 0 Å². The average molecular weight is 353 g/mol. The standard InChI is InChI=1S/C17H12ClF3N2O/c1-9-2-4-11-12(16(24)23-15(11)6-9)8-22-14-5-3-10(18)7-13(14)17(19,20)21/h2-8,23-24H,1H3. The fourth-order valence-corrected chi connectivity index (χ4v) is 2.60. The summed E-state index contributed by atoms with van der Waals surface area (Å²) < 4.78 is 39.2. The molecule has 2 aromatic carbocycles. The number of fused-ring (bicyclic) bond motifs is 1. The van der Waals surface area contributed by atoms with Crippen molar-refractivity contribution in [2.24, 2.45) is 4.99 Å². The number of halogens is 4. The van der Waals surface area contributed by atoms with Crippen molar-refractivity contribution in [1.82, 2.24) is 4.98 Å². The number of aliphatic imine (C=N–C) groups is 1. The summed E-state index contributed by atoms with van der Waals surface area (Å²) in [6, 6.07) is 8.80. The van der Waals surface area contributed by atoms with Gasteiger partial charge < -0.3 is 10.1 Å². The molecule has 3 aromatic rings. The molecule has 0 fully saturated rings. The Balaban J connectivity index is 2.08. The Hall–Kier alpha value is -2.47. The largest absolute Gasteiger partial charge is 0.494 e. The van der Waals surface area contributed by atoms with Gasteiger partial charge in [0.15, 0.2) is 5.88 Å². The van der Waals surface area contributed by atoms with Crippen LogP contribution >= 0.6 is 11.6 Å². The van der Waals surface area contributed by atoms with Crippen LogP contribution < -0.4 is 0 Å². The molecule has 0 aliphatic carbocycles. The highest BCUT2D eigenvalue weighted by atomic mass is 35.5. The number of nitrogens with one attached hydrogen (secondary N) is 1. The minimum Gasteiger partial charge on any atom is -0.494 e. The Bertz CT molecular complexity index is 945. The number of hydrogen-bond donors (Lipinski definition) is 2. The minimum absolute atomic E-state index is 0.0216. The van der Waals surface area contributed by atoms with Crippen LogP contribution in [0.4, 0.5) is 18.9 Å². The summed E-state index contributed by atoms with van der Waals surface area (Å²) in [4.78, 5) is 6.69. The van der Waals surface area contributed by atoms with E-state index in [1.54, 1.807) is 6.07 Å². The topological polar surface area (TPSA) is 48.4 Å². The number of nitrogens with zero attached hydrogens (tertiary/aromatic N) is 1. The van der Waals surface area contributed by atoms with Crippen LogP contribution in [0, 0.1) is 6.92 Å². The molecular weight excluding hydrogens is 341 g/mol. The first-order chi connectivity index (χ1) is 11.3. The summed E-state index contributed by atoms with van der Waals surface area (Å²) in [5.41, 5.74) is 0.799. The van der Waals surface area contributed by atoms with Crippen LogP contribution in [0.15, 0.2) is 41.4 Å². The van der Waals surface area contributed by atoms with Crippen LogP contribution in [-0.2, 0) is 6.18 Å². The highest BCUT2D eigenvalue weighted by molar-refractivity contribution is 6.30. The Morgan fingerprint density at radius 3 is 2.62 bits per heavy atom.